The quantitative estimate of drug-likeness (QED) is 0.797. The van der Waals surface area contributed by atoms with E-state index in [9.17, 15) is 9.59 Å². The van der Waals surface area contributed by atoms with Gasteiger partial charge < -0.3 is 19.8 Å². The van der Waals surface area contributed by atoms with Crippen molar-refractivity contribution in [2.45, 2.75) is 25.4 Å². The van der Waals surface area contributed by atoms with Gasteiger partial charge in [0.1, 0.15) is 18.0 Å². The second-order valence-corrected chi connectivity index (χ2v) is 3.84. The molecule has 1 saturated heterocycles. The summed E-state index contributed by atoms with van der Waals surface area (Å²) >= 11 is 0. The molecule has 1 atom stereocenters. The lowest BCUT2D eigenvalue weighted by atomic mass is 10.2. The van der Waals surface area contributed by atoms with E-state index in [1.165, 1.54) is 11.2 Å². The van der Waals surface area contributed by atoms with E-state index >= 15 is 0 Å². The fraction of sp³-hybridized carbons (Fsp3) is 0.500. The molecule has 0 spiro atoms. The number of carbonyl (C=O) groups excluding carboxylic acids is 1. The maximum atomic E-state index is 11.7. The number of nitrogens with zero attached hydrogens (tertiary/aromatic N) is 2. The number of likely N-dealkylation sites (tertiary alicyclic amines) is 1. The normalized spacial score (nSPS) is 19.3. The Hall–Kier alpha value is -2.05. The first-order valence-electron chi connectivity index (χ1n) is 5.35. The molecule has 7 nitrogen and oxygen atoms in total. The molecule has 2 heterocycles. The molecule has 0 bridgehead atoms. The molecule has 1 fully saturated rings. The number of carbonyl (C=O) groups is 2. The van der Waals surface area contributed by atoms with E-state index in [1.807, 2.05) is 0 Å². The van der Waals surface area contributed by atoms with Crippen LogP contribution in [0.5, 0.6) is 0 Å². The lowest BCUT2D eigenvalue weighted by molar-refractivity contribution is -0.141. The van der Waals surface area contributed by atoms with Gasteiger partial charge in [-0.25, -0.2) is 9.59 Å². The van der Waals surface area contributed by atoms with Crippen LogP contribution in [-0.4, -0.2) is 39.8 Å². The third-order valence-electron chi connectivity index (χ3n) is 2.71. The van der Waals surface area contributed by atoms with Gasteiger partial charge in [-0.2, -0.15) is 0 Å². The minimum absolute atomic E-state index is 0.234. The van der Waals surface area contributed by atoms with E-state index in [0.29, 0.717) is 25.1 Å². The Bertz CT molecular complexity index is 404. The van der Waals surface area contributed by atoms with E-state index < -0.39 is 12.0 Å². The molecule has 1 unspecified atom stereocenters. The number of hydrogen-bond donors (Lipinski definition) is 2. The number of carboxylic acid groups (broad SMARTS) is 1. The predicted octanol–water partition coefficient (Wildman–Crippen LogP) is 0.433. The van der Waals surface area contributed by atoms with Crippen LogP contribution in [0, 0.1) is 0 Å². The molecule has 2 N–H and O–H groups in total. The second kappa shape index (κ2) is 4.86. The Labute approximate surface area is 97.4 Å². The summed E-state index contributed by atoms with van der Waals surface area (Å²) in [5, 5.41) is 15.2. The number of rotatable bonds is 3. The number of aromatic nitrogens is 1. The Morgan fingerprint density at radius 2 is 2.47 bits per heavy atom. The van der Waals surface area contributed by atoms with Gasteiger partial charge in [0.15, 0.2) is 0 Å². The third kappa shape index (κ3) is 2.55. The Balaban J connectivity index is 1.89. The van der Waals surface area contributed by atoms with Crippen LogP contribution >= 0.6 is 0 Å². The number of amides is 2. The zero-order chi connectivity index (χ0) is 12.3. The third-order valence-corrected chi connectivity index (χ3v) is 2.71. The lowest BCUT2D eigenvalue weighted by Gasteiger charge is -2.21. The van der Waals surface area contributed by atoms with Gasteiger partial charge in [-0.05, 0) is 12.8 Å². The van der Waals surface area contributed by atoms with Gasteiger partial charge in [-0.1, -0.05) is 5.16 Å². The molecule has 0 aliphatic carbocycles. The van der Waals surface area contributed by atoms with Crippen molar-refractivity contribution in [3.8, 4) is 0 Å². The predicted molar refractivity (Wildman–Crippen MR) is 56.1 cm³/mol. The summed E-state index contributed by atoms with van der Waals surface area (Å²) in [7, 11) is 0. The van der Waals surface area contributed by atoms with Crippen molar-refractivity contribution in [3.05, 3.63) is 18.0 Å². The summed E-state index contributed by atoms with van der Waals surface area (Å²) in [6.07, 6.45) is 2.64. The molecule has 92 valence electrons. The molecule has 7 heteroatoms. The van der Waals surface area contributed by atoms with Crippen LogP contribution in [0.2, 0.25) is 0 Å². The lowest BCUT2D eigenvalue weighted by Crippen LogP contribution is -2.45. The van der Waals surface area contributed by atoms with Gasteiger partial charge in [0.05, 0.1) is 6.54 Å². The van der Waals surface area contributed by atoms with Crippen LogP contribution in [-0.2, 0) is 11.3 Å². The maximum Gasteiger partial charge on any atom is 0.326 e. The van der Waals surface area contributed by atoms with Gasteiger partial charge >= 0.3 is 12.0 Å². The van der Waals surface area contributed by atoms with E-state index in [0.717, 1.165) is 0 Å². The maximum absolute atomic E-state index is 11.7. The van der Waals surface area contributed by atoms with Crippen molar-refractivity contribution in [3.63, 3.8) is 0 Å². The molecule has 1 aliphatic rings. The van der Waals surface area contributed by atoms with Crippen LogP contribution in [0.3, 0.4) is 0 Å². The molecule has 0 aromatic carbocycles. The van der Waals surface area contributed by atoms with Crippen molar-refractivity contribution in [1.29, 1.82) is 0 Å². The highest BCUT2D eigenvalue weighted by molar-refractivity contribution is 5.83. The molecule has 17 heavy (non-hydrogen) atoms. The highest BCUT2D eigenvalue weighted by Crippen LogP contribution is 2.17. The molecule has 0 radical (unpaired) electrons. The Kier molecular flexibility index (Phi) is 3.27. The van der Waals surface area contributed by atoms with Gasteiger partial charge in [0, 0.05) is 12.6 Å². The van der Waals surface area contributed by atoms with Crippen molar-refractivity contribution in [2.24, 2.45) is 0 Å². The van der Waals surface area contributed by atoms with Gasteiger partial charge in [-0.15, -0.1) is 0 Å². The first kappa shape index (κ1) is 11.4. The molecular weight excluding hydrogens is 226 g/mol. The van der Waals surface area contributed by atoms with E-state index in [1.54, 1.807) is 6.07 Å². The zero-order valence-corrected chi connectivity index (χ0v) is 9.13. The number of hydrogen-bond acceptors (Lipinski definition) is 4. The SMILES string of the molecule is O=C(O)C1CCCN1C(=O)NCc1ccon1. The summed E-state index contributed by atoms with van der Waals surface area (Å²) in [6.45, 7) is 0.708. The fourth-order valence-corrected chi connectivity index (χ4v) is 1.86. The highest BCUT2D eigenvalue weighted by Gasteiger charge is 2.33. The van der Waals surface area contributed by atoms with Crippen molar-refractivity contribution >= 4 is 12.0 Å². The van der Waals surface area contributed by atoms with E-state index in [-0.39, 0.29) is 12.6 Å². The average Bonchev–Trinajstić information content (AvgIpc) is 2.96. The van der Waals surface area contributed by atoms with Gasteiger partial charge in [0.2, 0.25) is 0 Å². The molecule has 0 saturated carbocycles. The fourth-order valence-electron chi connectivity index (χ4n) is 1.86. The summed E-state index contributed by atoms with van der Waals surface area (Å²) in [6, 6.07) is 0.545. The van der Waals surface area contributed by atoms with Crippen LogP contribution in [0.15, 0.2) is 16.9 Å². The van der Waals surface area contributed by atoms with Gasteiger partial charge in [0.25, 0.3) is 0 Å². The van der Waals surface area contributed by atoms with Crippen molar-refractivity contribution in [1.82, 2.24) is 15.4 Å². The summed E-state index contributed by atoms with van der Waals surface area (Å²) < 4.78 is 4.62. The zero-order valence-electron chi connectivity index (χ0n) is 9.13. The van der Waals surface area contributed by atoms with Gasteiger partial charge in [-0.3, -0.25) is 0 Å². The number of urea groups is 1. The molecule has 1 aromatic rings. The molecule has 2 amide bonds. The average molecular weight is 239 g/mol. The standard InChI is InChI=1S/C10H13N3O4/c14-9(15)8-2-1-4-13(8)10(16)11-6-7-3-5-17-12-7/h3,5,8H,1-2,4,6H2,(H,11,16)(H,14,15). The van der Waals surface area contributed by atoms with Crippen molar-refractivity contribution in [2.75, 3.05) is 6.54 Å². The van der Waals surface area contributed by atoms with E-state index in [2.05, 4.69) is 15.0 Å². The smallest absolute Gasteiger partial charge is 0.326 e. The number of nitrogens with one attached hydrogen (secondary N) is 1. The molecular formula is C10H13N3O4. The first-order valence-corrected chi connectivity index (χ1v) is 5.35. The number of aliphatic carboxylic acids is 1. The summed E-state index contributed by atoms with van der Waals surface area (Å²) in [4.78, 5) is 24.0. The molecule has 2 rings (SSSR count). The Morgan fingerprint density at radius 3 is 3.12 bits per heavy atom. The minimum Gasteiger partial charge on any atom is -0.480 e. The number of carboxylic acids is 1. The largest absolute Gasteiger partial charge is 0.480 e. The molecule has 1 aromatic heterocycles. The van der Waals surface area contributed by atoms with E-state index in [4.69, 9.17) is 5.11 Å². The first-order chi connectivity index (χ1) is 8.18. The van der Waals surface area contributed by atoms with Crippen LogP contribution in [0.1, 0.15) is 18.5 Å². The van der Waals surface area contributed by atoms with Crippen LogP contribution in [0.4, 0.5) is 4.79 Å². The molecule has 1 aliphatic heterocycles. The van der Waals surface area contributed by atoms with Crippen molar-refractivity contribution < 1.29 is 19.2 Å². The van der Waals surface area contributed by atoms with Crippen LogP contribution in [0.25, 0.3) is 0 Å². The van der Waals surface area contributed by atoms with Crippen LogP contribution < -0.4 is 5.32 Å². The monoisotopic (exact) mass is 239 g/mol. The highest BCUT2D eigenvalue weighted by atomic mass is 16.5. The summed E-state index contributed by atoms with van der Waals surface area (Å²) in [5.41, 5.74) is 0.601. The second-order valence-electron chi connectivity index (χ2n) is 3.84. The Morgan fingerprint density at radius 1 is 1.65 bits per heavy atom. The summed E-state index contributed by atoms with van der Waals surface area (Å²) in [5.74, 6) is -0.959. The topological polar surface area (TPSA) is 95.7 Å². The minimum atomic E-state index is -0.959.